The molecule has 1 saturated heterocycles. The van der Waals surface area contributed by atoms with Crippen LogP contribution in [-0.4, -0.2) is 31.1 Å². The number of nitrogens with one attached hydrogen (secondary N) is 1. The van der Waals surface area contributed by atoms with Gasteiger partial charge < -0.3 is 5.32 Å². The van der Waals surface area contributed by atoms with Crippen LogP contribution in [0, 0.1) is 5.92 Å². The second-order valence-electron chi connectivity index (χ2n) is 5.03. The molecule has 0 spiro atoms. The molecule has 1 atom stereocenters. The lowest BCUT2D eigenvalue weighted by Gasteiger charge is -2.29. The van der Waals surface area contributed by atoms with Crippen LogP contribution >= 0.6 is 0 Å². The van der Waals surface area contributed by atoms with Crippen molar-refractivity contribution in [2.75, 3.05) is 26.2 Å². The Hall–Kier alpha value is -0.860. The summed E-state index contributed by atoms with van der Waals surface area (Å²) in [5, 5.41) is 3.50. The zero-order valence-electron chi connectivity index (χ0n) is 10.9. The molecule has 1 unspecified atom stereocenters. The molecule has 0 radical (unpaired) electrons. The van der Waals surface area contributed by atoms with E-state index < -0.39 is 0 Å². The van der Waals surface area contributed by atoms with Crippen molar-refractivity contribution in [3.63, 3.8) is 0 Å². The summed E-state index contributed by atoms with van der Waals surface area (Å²) in [7, 11) is 0. The number of nitrogens with zero attached hydrogens (tertiary/aromatic N) is 1. The summed E-state index contributed by atoms with van der Waals surface area (Å²) in [6.07, 6.45) is 2.73. The van der Waals surface area contributed by atoms with E-state index in [0.29, 0.717) is 0 Å². The SMILES string of the molecule is CCN(Cc1ccccc1)CC1CCCNC1. The molecule has 1 aromatic carbocycles. The van der Waals surface area contributed by atoms with Crippen LogP contribution in [0.4, 0.5) is 0 Å². The van der Waals surface area contributed by atoms with Gasteiger partial charge in [0, 0.05) is 13.1 Å². The Bertz CT molecular complexity index is 304. The van der Waals surface area contributed by atoms with Gasteiger partial charge in [-0.2, -0.15) is 0 Å². The highest BCUT2D eigenvalue weighted by molar-refractivity contribution is 5.14. The summed E-state index contributed by atoms with van der Waals surface area (Å²) in [6, 6.07) is 10.8. The lowest BCUT2D eigenvalue weighted by Crippen LogP contribution is -2.38. The van der Waals surface area contributed by atoms with Gasteiger partial charge in [-0.05, 0) is 44.0 Å². The minimum absolute atomic E-state index is 0.840. The lowest BCUT2D eigenvalue weighted by atomic mass is 9.99. The third-order valence-electron chi connectivity index (χ3n) is 3.61. The Kier molecular flexibility index (Phi) is 5.02. The van der Waals surface area contributed by atoms with Gasteiger partial charge in [0.15, 0.2) is 0 Å². The second-order valence-corrected chi connectivity index (χ2v) is 5.03. The van der Waals surface area contributed by atoms with Crippen molar-refractivity contribution in [3.05, 3.63) is 35.9 Å². The van der Waals surface area contributed by atoms with E-state index in [4.69, 9.17) is 0 Å². The molecule has 1 fully saturated rings. The number of piperidine rings is 1. The first-order valence-electron chi connectivity index (χ1n) is 6.85. The molecular formula is C15H24N2. The second kappa shape index (κ2) is 6.77. The van der Waals surface area contributed by atoms with Crippen LogP contribution < -0.4 is 5.32 Å². The minimum atomic E-state index is 0.840. The van der Waals surface area contributed by atoms with Crippen molar-refractivity contribution in [2.24, 2.45) is 5.92 Å². The molecule has 2 nitrogen and oxygen atoms in total. The molecule has 17 heavy (non-hydrogen) atoms. The third-order valence-corrected chi connectivity index (χ3v) is 3.61. The molecule has 0 aliphatic carbocycles. The summed E-state index contributed by atoms with van der Waals surface area (Å²) < 4.78 is 0. The van der Waals surface area contributed by atoms with E-state index in [-0.39, 0.29) is 0 Å². The van der Waals surface area contributed by atoms with Crippen LogP contribution in [0.3, 0.4) is 0 Å². The third kappa shape index (κ3) is 4.14. The smallest absolute Gasteiger partial charge is 0.0233 e. The highest BCUT2D eigenvalue weighted by Crippen LogP contribution is 2.13. The van der Waals surface area contributed by atoms with E-state index in [0.717, 1.165) is 19.0 Å². The van der Waals surface area contributed by atoms with E-state index in [1.54, 1.807) is 0 Å². The van der Waals surface area contributed by atoms with Crippen molar-refractivity contribution < 1.29 is 0 Å². The van der Waals surface area contributed by atoms with Gasteiger partial charge in [-0.15, -0.1) is 0 Å². The highest BCUT2D eigenvalue weighted by Gasteiger charge is 2.16. The van der Waals surface area contributed by atoms with Crippen LogP contribution in [0.2, 0.25) is 0 Å². The molecule has 1 aliphatic heterocycles. The topological polar surface area (TPSA) is 15.3 Å². The molecule has 1 aromatic rings. The highest BCUT2D eigenvalue weighted by atomic mass is 15.1. The molecule has 0 aromatic heterocycles. The molecule has 2 heteroatoms. The molecule has 1 N–H and O–H groups in total. The van der Waals surface area contributed by atoms with Gasteiger partial charge in [0.1, 0.15) is 0 Å². The summed E-state index contributed by atoms with van der Waals surface area (Å²) >= 11 is 0. The van der Waals surface area contributed by atoms with E-state index in [2.05, 4.69) is 47.5 Å². The summed E-state index contributed by atoms with van der Waals surface area (Å²) in [5.41, 5.74) is 1.43. The van der Waals surface area contributed by atoms with Crippen molar-refractivity contribution in [1.29, 1.82) is 0 Å². The number of hydrogen-bond acceptors (Lipinski definition) is 2. The molecule has 0 amide bonds. The van der Waals surface area contributed by atoms with E-state index in [1.165, 1.54) is 38.0 Å². The largest absolute Gasteiger partial charge is 0.316 e. The number of rotatable bonds is 5. The van der Waals surface area contributed by atoms with Crippen molar-refractivity contribution in [2.45, 2.75) is 26.3 Å². The van der Waals surface area contributed by atoms with Crippen LogP contribution in [0.5, 0.6) is 0 Å². The predicted octanol–water partition coefficient (Wildman–Crippen LogP) is 2.51. The Morgan fingerprint density at radius 2 is 2.12 bits per heavy atom. The zero-order chi connectivity index (χ0) is 11.9. The summed E-state index contributed by atoms with van der Waals surface area (Å²) in [5.74, 6) is 0.840. The fourth-order valence-corrected chi connectivity index (χ4v) is 2.59. The van der Waals surface area contributed by atoms with Crippen molar-refractivity contribution in [1.82, 2.24) is 10.2 Å². The first-order chi connectivity index (χ1) is 8.38. The summed E-state index contributed by atoms with van der Waals surface area (Å²) in [6.45, 7) is 8.14. The van der Waals surface area contributed by atoms with Crippen molar-refractivity contribution in [3.8, 4) is 0 Å². The van der Waals surface area contributed by atoms with Crippen LogP contribution in [0.1, 0.15) is 25.3 Å². The van der Waals surface area contributed by atoms with Gasteiger partial charge in [0.05, 0.1) is 0 Å². The number of benzene rings is 1. The first kappa shape index (κ1) is 12.6. The van der Waals surface area contributed by atoms with Gasteiger partial charge >= 0.3 is 0 Å². The van der Waals surface area contributed by atoms with Crippen LogP contribution in [0.15, 0.2) is 30.3 Å². The number of hydrogen-bond donors (Lipinski definition) is 1. The Morgan fingerprint density at radius 1 is 1.29 bits per heavy atom. The van der Waals surface area contributed by atoms with Gasteiger partial charge in [0.2, 0.25) is 0 Å². The van der Waals surface area contributed by atoms with Gasteiger partial charge in [-0.3, -0.25) is 4.90 Å². The Morgan fingerprint density at radius 3 is 2.76 bits per heavy atom. The van der Waals surface area contributed by atoms with Crippen LogP contribution in [0.25, 0.3) is 0 Å². The van der Waals surface area contributed by atoms with E-state index >= 15 is 0 Å². The van der Waals surface area contributed by atoms with Crippen LogP contribution in [-0.2, 0) is 6.54 Å². The standard InChI is InChI=1S/C15H24N2/c1-2-17(12-14-7-4-3-5-8-14)13-15-9-6-10-16-11-15/h3-5,7-8,15-16H,2,6,9-13H2,1H3. The molecule has 94 valence electrons. The first-order valence-corrected chi connectivity index (χ1v) is 6.85. The fraction of sp³-hybridized carbons (Fsp3) is 0.600. The van der Waals surface area contributed by atoms with Gasteiger partial charge in [-0.25, -0.2) is 0 Å². The molecule has 0 bridgehead atoms. The minimum Gasteiger partial charge on any atom is -0.316 e. The maximum atomic E-state index is 3.50. The summed E-state index contributed by atoms with van der Waals surface area (Å²) in [4.78, 5) is 2.56. The maximum Gasteiger partial charge on any atom is 0.0233 e. The molecule has 2 rings (SSSR count). The quantitative estimate of drug-likeness (QED) is 0.839. The predicted molar refractivity (Wildman–Crippen MR) is 73.0 cm³/mol. The Labute approximate surface area is 105 Å². The average molecular weight is 232 g/mol. The van der Waals surface area contributed by atoms with Gasteiger partial charge in [0.25, 0.3) is 0 Å². The normalized spacial score (nSPS) is 20.7. The molecule has 1 aliphatic rings. The lowest BCUT2D eigenvalue weighted by molar-refractivity contribution is 0.209. The molecule has 0 saturated carbocycles. The van der Waals surface area contributed by atoms with E-state index in [9.17, 15) is 0 Å². The maximum absolute atomic E-state index is 3.50. The zero-order valence-corrected chi connectivity index (χ0v) is 10.9. The Balaban J connectivity index is 1.83. The molecule has 1 heterocycles. The average Bonchev–Trinajstić information content (AvgIpc) is 2.40. The van der Waals surface area contributed by atoms with Gasteiger partial charge in [-0.1, -0.05) is 37.3 Å². The van der Waals surface area contributed by atoms with Crippen molar-refractivity contribution >= 4 is 0 Å². The fourth-order valence-electron chi connectivity index (χ4n) is 2.59. The van der Waals surface area contributed by atoms with E-state index in [1.807, 2.05) is 0 Å². The molecular weight excluding hydrogens is 208 g/mol. The monoisotopic (exact) mass is 232 g/mol.